The van der Waals surface area contributed by atoms with Gasteiger partial charge in [0.05, 0.1) is 33.8 Å². The highest BCUT2D eigenvalue weighted by molar-refractivity contribution is 7.99. The molecule has 274 valence electrons. The van der Waals surface area contributed by atoms with Gasteiger partial charge in [-0.15, -0.1) is 0 Å². The van der Waals surface area contributed by atoms with Crippen molar-refractivity contribution in [2.75, 3.05) is 10.3 Å². The third-order valence-electron chi connectivity index (χ3n) is 11.2. The molecule has 0 radical (unpaired) electrons. The van der Waals surface area contributed by atoms with Crippen LogP contribution in [-0.2, 0) is 0 Å². The molecular weight excluding hydrogens is 725 g/mol. The summed E-state index contributed by atoms with van der Waals surface area (Å²) in [6.45, 7) is 0. The van der Waals surface area contributed by atoms with Crippen LogP contribution in [0.4, 0.5) is 22.7 Å². The van der Waals surface area contributed by atoms with E-state index in [9.17, 15) is 5.41 Å². The van der Waals surface area contributed by atoms with Gasteiger partial charge in [-0.25, -0.2) is 0 Å². The summed E-state index contributed by atoms with van der Waals surface area (Å²) >= 11 is 1.83. The summed E-state index contributed by atoms with van der Waals surface area (Å²) in [6, 6.07) is 72.8. The SMILES string of the molecule is N=C(c1ccc(-c2ccccc2)cc1)c1ccccc1Nn1c2cccc(-c3ccc4c(c3)Sc3ccccc3N4c3ccccc3)c2c2c3ccccc3ccc21. The van der Waals surface area contributed by atoms with E-state index in [-0.39, 0.29) is 0 Å². The summed E-state index contributed by atoms with van der Waals surface area (Å²) in [4.78, 5) is 4.83. The second-order valence-electron chi connectivity index (χ2n) is 14.6. The van der Waals surface area contributed by atoms with Crippen LogP contribution in [0.2, 0.25) is 0 Å². The van der Waals surface area contributed by atoms with E-state index in [4.69, 9.17) is 0 Å². The maximum atomic E-state index is 9.43. The molecule has 0 spiro atoms. The average Bonchev–Trinajstić information content (AvgIpc) is 3.62. The summed E-state index contributed by atoms with van der Waals surface area (Å²) in [5, 5.41) is 14.2. The topological polar surface area (TPSA) is 44.1 Å². The second-order valence-corrected chi connectivity index (χ2v) is 15.7. The van der Waals surface area contributed by atoms with Gasteiger partial charge >= 0.3 is 0 Å². The van der Waals surface area contributed by atoms with Gasteiger partial charge in [-0.3, -0.25) is 15.5 Å². The molecule has 0 bridgehead atoms. The van der Waals surface area contributed by atoms with Crippen molar-refractivity contribution in [2.45, 2.75) is 9.79 Å². The van der Waals surface area contributed by atoms with Gasteiger partial charge in [-0.05, 0) is 87.6 Å². The zero-order chi connectivity index (χ0) is 38.6. The normalized spacial score (nSPS) is 12.1. The molecule has 0 saturated carbocycles. The first kappa shape index (κ1) is 34.0. The molecule has 2 N–H and O–H groups in total. The van der Waals surface area contributed by atoms with Crippen LogP contribution in [0.3, 0.4) is 0 Å². The molecule has 0 unspecified atom stereocenters. The fraction of sp³-hybridized carbons (Fsp3) is 0. The largest absolute Gasteiger partial charge is 0.308 e. The van der Waals surface area contributed by atoms with Gasteiger partial charge < -0.3 is 4.90 Å². The molecule has 0 amide bonds. The van der Waals surface area contributed by atoms with E-state index in [1.165, 1.54) is 48.3 Å². The molecule has 9 aromatic carbocycles. The first-order valence-corrected chi connectivity index (χ1v) is 20.3. The van der Waals surface area contributed by atoms with Crippen LogP contribution >= 0.6 is 11.8 Å². The van der Waals surface area contributed by atoms with Crippen molar-refractivity contribution in [1.82, 2.24) is 4.68 Å². The number of hydrogen-bond acceptors (Lipinski definition) is 4. The number of fused-ring (bicyclic) bond motifs is 7. The van der Waals surface area contributed by atoms with E-state index < -0.39 is 0 Å². The molecule has 4 nitrogen and oxygen atoms in total. The van der Waals surface area contributed by atoms with Crippen LogP contribution in [0.5, 0.6) is 0 Å². The van der Waals surface area contributed by atoms with E-state index in [0.717, 1.165) is 50.2 Å². The number of anilines is 4. The molecule has 1 aromatic heterocycles. The minimum Gasteiger partial charge on any atom is -0.308 e. The first-order chi connectivity index (χ1) is 28.7. The number of benzene rings is 9. The van der Waals surface area contributed by atoms with Crippen molar-refractivity contribution >= 4 is 72.8 Å². The van der Waals surface area contributed by atoms with Crippen molar-refractivity contribution in [3.63, 3.8) is 0 Å². The van der Waals surface area contributed by atoms with Crippen LogP contribution in [0.1, 0.15) is 11.1 Å². The monoisotopic (exact) mass is 760 g/mol. The standard InChI is InChI=1S/C53H36N4S/c54-53(38-28-26-36(27-29-38)35-14-3-1-4-15-35)43-20-9-10-22-44(43)55-57-47-24-13-21-42(52(47)51-41-19-8-7-16-37(41)30-33-48(51)57)39-31-32-46-50(34-39)58-49-25-12-11-23-45(49)56(46)40-17-5-2-6-18-40/h1-34,54-55H. The van der Waals surface area contributed by atoms with Gasteiger partial charge in [0.15, 0.2) is 0 Å². The first-order valence-electron chi connectivity index (χ1n) is 19.5. The van der Waals surface area contributed by atoms with E-state index in [1.807, 2.05) is 36.0 Å². The third kappa shape index (κ3) is 5.67. The maximum absolute atomic E-state index is 9.43. The number of aromatic nitrogens is 1. The Hall–Kier alpha value is -7.34. The van der Waals surface area contributed by atoms with Crippen LogP contribution < -0.4 is 10.3 Å². The highest BCUT2D eigenvalue weighted by Crippen LogP contribution is 2.52. The predicted octanol–water partition coefficient (Wildman–Crippen LogP) is 14.5. The van der Waals surface area contributed by atoms with Crippen LogP contribution in [-0.4, -0.2) is 10.4 Å². The van der Waals surface area contributed by atoms with Gasteiger partial charge in [0.25, 0.3) is 0 Å². The van der Waals surface area contributed by atoms with Crippen molar-refractivity contribution in [3.05, 3.63) is 217 Å². The Balaban J connectivity index is 1.05. The van der Waals surface area contributed by atoms with E-state index >= 15 is 0 Å². The Morgan fingerprint density at radius 2 is 1.16 bits per heavy atom. The number of rotatable bonds is 7. The lowest BCUT2D eigenvalue weighted by Crippen LogP contribution is -2.14. The molecule has 58 heavy (non-hydrogen) atoms. The summed E-state index contributed by atoms with van der Waals surface area (Å²) in [7, 11) is 0. The molecule has 0 saturated heterocycles. The molecule has 2 heterocycles. The maximum Gasteiger partial charge on any atom is 0.0716 e. The molecule has 5 heteroatoms. The molecule has 10 aromatic rings. The van der Waals surface area contributed by atoms with Crippen molar-refractivity contribution in [2.24, 2.45) is 0 Å². The van der Waals surface area contributed by atoms with Gasteiger partial charge in [0, 0.05) is 37.4 Å². The summed E-state index contributed by atoms with van der Waals surface area (Å²) < 4.78 is 2.21. The molecule has 1 aliphatic heterocycles. The number of nitrogens with one attached hydrogen (secondary N) is 2. The van der Waals surface area contributed by atoms with E-state index in [1.54, 1.807) is 0 Å². The summed E-state index contributed by atoms with van der Waals surface area (Å²) in [5.74, 6) is 0. The van der Waals surface area contributed by atoms with Crippen LogP contribution in [0.15, 0.2) is 216 Å². The molecule has 1 aliphatic rings. The minimum absolute atomic E-state index is 0.465. The average molecular weight is 761 g/mol. The lowest BCUT2D eigenvalue weighted by molar-refractivity contribution is 1.06. The summed E-state index contributed by atoms with van der Waals surface area (Å²) in [6.07, 6.45) is 0. The highest BCUT2D eigenvalue weighted by Gasteiger charge is 2.26. The molecular formula is C53H36N4S. The van der Waals surface area contributed by atoms with Crippen molar-refractivity contribution in [3.8, 4) is 22.3 Å². The smallest absolute Gasteiger partial charge is 0.0716 e. The third-order valence-corrected chi connectivity index (χ3v) is 12.4. The minimum atomic E-state index is 0.465. The predicted molar refractivity (Wildman–Crippen MR) is 244 cm³/mol. The van der Waals surface area contributed by atoms with Crippen LogP contribution in [0.25, 0.3) is 54.8 Å². The Morgan fingerprint density at radius 1 is 0.483 bits per heavy atom. The lowest BCUT2D eigenvalue weighted by Gasteiger charge is -2.33. The Bertz CT molecular complexity index is 3190. The summed E-state index contributed by atoms with van der Waals surface area (Å²) in [5.41, 5.74) is 17.1. The van der Waals surface area contributed by atoms with Gasteiger partial charge in [-0.1, -0.05) is 163 Å². The van der Waals surface area contributed by atoms with Crippen molar-refractivity contribution < 1.29 is 0 Å². The lowest BCUT2D eigenvalue weighted by atomic mass is 9.96. The zero-order valence-corrected chi connectivity index (χ0v) is 32.2. The highest BCUT2D eigenvalue weighted by atomic mass is 32.2. The number of nitrogens with zero attached hydrogens (tertiary/aromatic N) is 2. The molecule has 0 aliphatic carbocycles. The van der Waals surface area contributed by atoms with Crippen LogP contribution in [0, 0.1) is 5.41 Å². The Morgan fingerprint density at radius 3 is 2.02 bits per heavy atom. The Labute approximate surface area is 341 Å². The quantitative estimate of drug-likeness (QED) is 0.159. The second kappa shape index (κ2) is 14.0. The van der Waals surface area contributed by atoms with Gasteiger partial charge in [0.2, 0.25) is 0 Å². The number of hydrogen-bond donors (Lipinski definition) is 2. The van der Waals surface area contributed by atoms with E-state index in [0.29, 0.717) is 5.71 Å². The van der Waals surface area contributed by atoms with Gasteiger partial charge in [-0.2, -0.15) is 0 Å². The molecule has 11 rings (SSSR count). The fourth-order valence-electron chi connectivity index (χ4n) is 8.50. The van der Waals surface area contributed by atoms with Gasteiger partial charge in [0.1, 0.15) is 0 Å². The Kier molecular flexibility index (Phi) is 8.19. The zero-order valence-electron chi connectivity index (χ0n) is 31.4. The van der Waals surface area contributed by atoms with Crippen molar-refractivity contribution in [1.29, 1.82) is 5.41 Å². The molecule has 0 fully saturated rings. The molecule has 0 atom stereocenters. The van der Waals surface area contributed by atoms with E-state index in [2.05, 4.69) is 197 Å². The number of para-hydroxylation sites is 3. The fourth-order valence-corrected chi connectivity index (χ4v) is 9.60.